The molecule has 0 bridgehead atoms. The van der Waals surface area contributed by atoms with Gasteiger partial charge in [-0.25, -0.2) is 4.98 Å². The van der Waals surface area contributed by atoms with E-state index >= 15 is 0 Å². The number of nitrogens with zero attached hydrogens (tertiary/aromatic N) is 2. The first kappa shape index (κ1) is 15.1. The van der Waals surface area contributed by atoms with E-state index in [2.05, 4.69) is 41.4 Å². The molecule has 0 spiro atoms. The SMILES string of the molecule is COc1ccc(Nc2cc(C)nc(NC(C)(C)C)n2)cc1. The molecule has 0 aliphatic rings. The Hall–Kier alpha value is -2.30. The molecular formula is C16H22N4O. The number of aromatic nitrogens is 2. The monoisotopic (exact) mass is 286 g/mol. The largest absolute Gasteiger partial charge is 0.497 e. The summed E-state index contributed by atoms with van der Waals surface area (Å²) < 4.78 is 5.15. The minimum absolute atomic E-state index is 0.0782. The summed E-state index contributed by atoms with van der Waals surface area (Å²) in [7, 11) is 1.65. The van der Waals surface area contributed by atoms with Gasteiger partial charge >= 0.3 is 0 Å². The highest BCUT2D eigenvalue weighted by atomic mass is 16.5. The zero-order valence-corrected chi connectivity index (χ0v) is 13.2. The molecule has 1 heterocycles. The standard InChI is InChI=1S/C16H22N4O/c1-11-10-14(19-15(17-11)20-16(2,3)4)18-12-6-8-13(21-5)9-7-12/h6-10H,1-5H3,(H2,17,18,19,20). The van der Waals surface area contributed by atoms with E-state index in [4.69, 9.17) is 4.74 Å². The van der Waals surface area contributed by atoms with Gasteiger partial charge in [-0.2, -0.15) is 4.98 Å². The average Bonchev–Trinajstić information content (AvgIpc) is 2.36. The summed E-state index contributed by atoms with van der Waals surface area (Å²) in [5.41, 5.74) is 1.79. The van der Waals surface area contributed by atoms with Gasteiger partial charge < -0.3 is 15.4 Å². The van der Waals surface area contributed by atoms with E-state index in [1.54, 1.807) is 7.11 Å². The molecule has 0 unspecified atom stereocenters. The average molecular weight is 286 g/mol. The lowest BCUT2D eigenvalue weighted by Gasteiger charge is -2.21. The van der Waals surface area contributed by atoms with Crippen LogP contribution in [0.5, 0.6) is 5.75 Å². The minimum Gasteiger partial charge on any atom is -0.497 e. The third-order valence-corrected chi connectivity index (χ3v) is 2.70. The van der Waals surface area contributed by atoms with Crippen LogP contribution >= 0.6 is 0 Å². The molecule has 0 fully saturated rings. The van der Waals surface area contributed by atoms with Crippen LogP contribution in [-0.2, 0) is 0 Å². The van der Waals surface area contributed by atoms with Crippen LogP contribution in [0.2, 0.25) is 0 Å². The highest BCUT2D eigenvalue weighted by Crippen LogP contribution is 2.20. The predicted octanol–water partition coefficient (Wildman–Crippen LogP) is 3.75. The Morgan fingerprint density at radius 1 is 1.05 bits per heavy atom. The quantitative estimate of drug-likeness (QED) is 0.896. The summed E-state index contributed by atoms with van der Waals surface area (Å²) in [5, 5.41) is 6.56. The van der Waals surface area contributed by atoms with Crippen LogP contribution in [0, 0.1) is 6.92 Å². The minimum atomic E-state index is -0.0782. The fourth-order valence-corrected chi connectivity index (χ4v) is 1.85. The third kappa shape index (κ3) is 4.63. The van der Waals surface area contributed by atoms with Crippen molar-refractivity contribution >= 4 is 17.5 Å². The number of nitrogens with one attached hydrogen (secondary N) is 2. The van der Waals surface area contributed by atoms with Crippen molar-refractivity contribution in [3.8, 4) is 5.75 Å². The van der Waals surface area contributed by atoms with E-state index in [1.807, 2.05) is 37.3 Å². The smallest absolute Gasteiger partial charge is 0.225 e. The molecule has 5 nitrogen and oxygen atoms in total. The maximum absolute atomic E-state index is 5.15. The first-order valence-electron chi connectivity index (χ1n) is 6.91. The molecule has 0 aliphatic heterocycles. The normalized spacial score (nSPS) is 11.1. The summed E-state index contributed by atoms with van der Waals surface area (Å²) in [6.07, 6.45) is 0. The number of aryl methyl sites for hydroxylation is 1. The van der Waals surface area contributed by atoms with Crippen LogP contribution in [0.15, 0.2) is 30.3 Å². The molecule has 2 N–H and O–H groups in total. The second-order valence-electron chi connectivity index (χ2n) is 5.95. The van der Waals surface area contributed by atoms with E-state index in [9.17, 15) is 0 Å². The van der Waals surface area contributed by atoms with Crippen LogP contribution in [0.25, 0.3) is 0 Å². The van der Waals surface area contributed by atoms with Gasteiger partial charge in [0, 0.05) is 23.0 Å². The summed E-state index contributed by atoms with van der Waals surface area (Å²) in [5.74, 6) is 2.22. The van der Waals surface area contributed by atoms with Gasteiger partial charge in [0.05, 0.1) is 7.11 Å². The lowest BCUT2D eigenvalue weighted by molar-refractivity contribution is 0.415. The zero-order chi connectivity index (χ0) is 15.5. The van der Waals surface area contributed by atoms with Crippen molar-refractivity contribution in [2.24, 2.45) is 0 Å². The fourth-order valence-electron chi connectivity index (χ4n) is 1.85. The van der Waals surface area contributed by atoms with Crippen LogP contribution in [0.4, 0.5) is 17.5 Å². The van der Waals surface area contributed by atoms with Gasteiger partial charge in [-0.15, -0.1) is 0 Å². The van der Waals surface area contributed by atoms with E-state index in [0.717, 1.165) is 22.9 Å². The lowest BCUT2D eigenvalue weighted by atomic mass is 10.1. The highest BCUT2D eigenvalue weighted by molar-refractivity contribution is 5.58. The van der Waals surface area contributed by atoms with Crippen molar-refractivity contribution in [2.45, 2.75) is 33.2 Å². The summed E-state index contributed by atoms with van der Waals surface area (Å²) >= 11 is 0. The Labute approximate surface area is 125 Å². The van der Waals surface area contributed by atoms with Crippen LogP contribution in [0.1, 0.15) is 26.5 Å². The topological polar surface area (TPSA) is 59.1 Å². The number of rotatable bonds is 4. The molecule has 0 saturated heterocycles. The van der Waals surface area contributed by atoms with Crippen LogP contribution in [-0.4, -0.2) is 22.6 Å². The van der Waals surface area contributed by atoms with Gasteiger partial charge in [0.15, 0.2) is 0 Å². The lowest BCUT2D eigenvalue weighted by Crippen LogP contribution is -2.27. The zero-order valence-electron chi connectivity index (χ0n) is 13.2. The number of hydrogen-bond acceptors (Lipinski definition) is 5. The van der Waals surface area contributed by atoms with Crippen LogP contribution < -0.4 is 15.4 Å². The van der Waals surface area contributed by atoms with Crippen molar-refractivity contribution < 1.29 is 4.74 Å². The Balaban J connectivity index is 2.19. The van der Waals surface area contributed by atoms with Gasteiger partial charge in [0.1, 0.15) is 11.6 Å². The molecule has 2 aromatic rings. The van der Waals surface area contributed by atoms with E-state index < -0.39 is 0 Å². The number of ether oxygens (including phenoxy) is 1. The Bertz CT molecular complexity index is 603. The number of hydrogen-bond donors (Lipinski definition) is 2. The number of benzene rings is 1. The molecule has 0 saturated carbocycles. The van der Waals surface area contributed by atoms with Gasteiger partial charge in [-0.1, -0.05) is 0 Å². The fraction of sp³-hybridized carbons (Fsp3) is 0.375. The van der Waals surface area contributed by atoms with Gasteiger partial charge in [-0.3, -0.25) is 0 Å². The summed E-state index contributed by atoms with van der Waals surface area (Å²) in [4.78, 5) is 8.90. The molecule has 5 heteroatoms. The van der Waals surface area contributed by atoms with E-state index in [0.29, 0.717) is 5.95 Å². The molecule has 0 atom stereocenters. The highest BCUT2D eigenvalue weighted by Gasteiger charge is 2.12. The second kappa shape index (κ2) is 5.99. The molecule has 2 rings (SSSR count). The van der Waals surface area contributed by atoms with Crippen LogP contribution in [0.3, 0.4) is 0 Å². The van der Waals surface area contributed by atoms with Crippen molar-refractivity contribution in [1.29, 1.82) is 0 Å². The number of methoxy groups -OCH3 is 1. The van der Waals surface area contributed by atoms with Crippen molar-refractivity contribution in [3.63, 3.8) is 0 Å². The van der Waals surface area contributed by atoms with Crippen molar-refractivity contribution in [2.75, 3.05) is 17.7 Å². The van der Waals surface area contributed by atoms with E-state index in [-0.39, 0.29) is 5.54 Å². The van der Waals surface area contributed by atoms with Crippen molar-refractivity contribution in [3.05, 3.63) is 36.0 Å². The molecule has 112 valence electrons. The first-order valence-corrected chi connectivity index (χ1v) is 6.91. The molecule has 0 radical (unpaired) electrons. The molecule has 0 aliphatic carbocycles. The van der Waals surface area contributed by atoms with E-state index in [1.165, 1.54) is 0 Å². The summed E-state index contributed by atoms with van der Waals surface area (Å²) in [6, 6.07) is 9.63. The predicted molar refractivity (Wildman–Crippen MR) is 86.4 cm³/mol. The molecule has 21 heavy (non-hydrogen) atoms. The molecule has 1 aromatic carbocycles. The molecular weight excluding hydrogens is 264 g/mol. The Morgan fingerprint density at radius 2 is 1.71 bits per heavy atom. The Morgan fingerprint density at radius 3 is 2.29 bits per heavy atom. The van der Waals surface area contributed by atoms with Gasteiger partial charge in [0.25, 0.3) is 0 Å². The molecule has 1 aromatic heterocycles. The third-order valence-electron chi connectivity index (χ3n) is 2.70. The first-order chi connectivity index (χ1) is 9.85. The Kier molecular flexibility index (Phi) is 4.31. The maximum Gasteiger partial charge on any atom is 0.225 e. The second-order valence-corrected chi connectivity index (χ2v) is 5.95. The van der Waals surface area contributed by atoms with Gasteiger partial charge in [-0.05, 0) is 52.0 Å². The van der Waals surface area contributed by atoms with Crippen molar-refractivity contribution in [1.82, 2.24) is 9.97 Å². The number of anilines is 3. The summed E-state index contributed by atoms with van der Waals surface area (Å²) in [6.45, 7) is 8.19. The maximum atomic E-state index is 5.15. The van der Waals surface area contributed by atoms with Gasteiger partial charge in [0.2, 0.25) is 5.95 Å². The molecule has 0 amide bonds.